The third-order valence-electron chi connectivity index (χ3n) is 4.29. The number of morpholine rings is 1. The summed E-state index contributed by atoms with van der Waals surface area (Å²) in [5.41, 5.74) is 0.927. The van der Waals surface area contributed by atoms with Crippen LogP contribution in [0.15, 0.2) is 24.3 Å². The largest absolute Gasteiger partial charge is 0.370 e. The number of nitrogens with zero attached hydrogens (tertiary/aromatic N) is 1. The van der Waals surface area contributed by atoms with Gasteiger partial charge in [-0.1, -0.05) is 12.1 Å². The smallest absolute Gasteiger partial charge is 0.223 e. The van der Waals surface area contributed by atoms with Crippen LogP contribution in [0.1, 0.15) is 24.5 Å². The zero-order valence-electron chi connectivity index (χ0n) is 12.5. The zero-order chi connectivity index (χ0) is 14.7. The van der Waals surface area contributed by atoms with Crippen molar-refractivity contribution in [3.8, 4) is 0 Å². The molecule has 2 saturated heterocycles. The van der Waals surface area contributed by atoms with Crippen LogP contribution in [0.5, 0.6) is 0 Å². The van der Waals surface area contributed by atoms with Crippen LogP contribution in [0, 0.1) is 11.7 Å². The van der Waals surface area contributed by atoms with Gasteiger partial charge in [0.05, 0.1) is 13.2 Å². The fourth-order valence-corrected chi connectivity index (χ4v) is 3.02. The van der Waals surface area contributed by atoms with Crippen LogP contribution in [0.4, 0.5) is 4.39 Å². The monoisotopic (exact) mass is 328 g/mol. The van der Waals surface area contributed by atoms with Crippen molar-refractivity contribution in [1.82, 2.24) is 10.2 Å². The molecule has 2 fully saturated rings. The fourth-order valence-electron chi connectivity index (χ4n) is 3.02. The third kappa shape index (κ3) is 4.18. The highest BCUT2D eigenvalue weighted by molar-refractivity contribution is 5.85. The molecule has 1 amide bonds. The van der Waals surface area contributed by atoms with Gasteiger partial charge in [-0.15, -0.1) is 12.4 Å². The van der Waals surface area contributed by atoms with Crippen LogP contribution < -0.4 is 5.32 Å². The topological polar surface area (TPSA) is 41.6 Å². The molecule has 0 spiro atoms. The van der Waals surface area contributed by atoms with Gasteiger partial charge in [0.15, 0.2) is 0 Å². The Labute approximate surface area is 136 Å². The van der Waals surface area contributed by atoms with Crippen molar-refractivity contribution in [2.24, 2.45) is 5.92 Å². The summed E-state index contributed by atoms with van der Waals surface area (Å²) in [5.74, 6) is 0.417. The number of rotatable bonds is 3. The second-order valence-electron chi connectivity index (χ2n) is 5.81. The molecule has 2 aliphatic heterocycles. The molecule has 0 aliphatic carbocycles. The van der Waals surface area contributed by atoms with Crippen molar-refractivity contribution in [1.29, 1.82) is 0 Å². The van der Waals surface area contributed by atoms with E-state index in [0.29, 0.717) is 32.0 Å². The second-order valence-corrected chi connectivity index (χ2v) is 5.81. The number of ether oxygens (including phenoxy) is 1. The van der Waals surface area contributed by atoms with Crippen molar-refractivity contribution < 1.29 is 13.9 Å². The Morgan fingerprint density at radius 3 is 2.82 bits per heavy atom. The van der Waals surface area contributed by atoms with E-state index >= 15 is 0 Å². The fraction of sp³-hybridized carbons (Fsp3) is 0.562. The van der Waals surface area contributed by atoms with Crippen LogP contribution in [-0.2, 0) is 9.53 Å². The molecular weight excluding hydrogens is 307 g/mol. The molecule has 4 nitrogen and oxygen atoms in total. The van der Waals surface area contributed by atoms with Gasteiger partial charge >= 0.3 is 0 Å². The maximum atomic E-state index is 13.0. The predicted octanol–water partition coefficient (Wildman–Crippen LogP) is 2.15. The minimum Gasteiger partial charge on any atom is -0.370 e. The lowest BCUT2D eigenvalue weighted by atomic mass is 10.0. The molecule has 0 radical (unpaired) electrons. The van der Waals surface area contributed by atoms with Gasteiger partial charge in [0.25, 0.3) is 0 Å². The molecule has 0 bridgehead atoms. The summed E-state index contributed by atoms with van der Waals surface area (Å²) >= 11 is 0. The zero-order valence-corrected chi connectivity index (χ0v) is 13.3. The Hall–Kier alpha value is -1.17. The highest BCUT2D eigenvalue weighted by Gasteiger charge is 2.27. The van der Waals surface area contributed by atoms with E-state index in [2.05, 4.69) is 5.32 Å². The third-order valence-corrected chi connectivity index (χ3v) is 4.29. The van der Waals surface area contributed by atoms with E-state index in [0.717, 1.165) is 25.1 Å². The number of nitrogens with one attached hydrogen (secondary N) is 1. The minimum absolute atomic E-state index is 0. The molecule has 1 aromatic rings. The molecule has 0 aromatic heterocycles. The molecule has 2 unspecified atom stereocenters. The lowest BCUT2D eigenvalue weighted by molar-refractivity contribution is -0.139. The first-order valence-electron chi connectivity index (χ1n) is 7.58. The first-order chi connectivity index (χ1) is 10.2. The summed E-state index contributed by atoms with van der Waals surface area (Å²) in [7, 11) is 0. The molecular formula is C16H22ClFN2O2. The van der Waals surface area contributed by atoms with E-state index in [4.69, 9.17) is 4.74 Å². The molecule has 6 heteroatoms. The van der Waals surface area contributed by atoms with Gasteiger partial charge in [-0.25, -0.2) is 4.39 Å². The molecule has 0 saturated carbocycles. The number of benzene rings is 1. The maximum absolute atomic E-state index is 13.0. The van der Waals surface area contributed by atoms with E-state index in [-0.39, 0.29) is 30.2 Å². The number of carbonyl (C=O) groups is 1. The molecule has 1 N–H and O–H groups in total. The minimum atomic E-state index is -0.253. The van der Waals surface area contributed by atoms with Gasteiger partial charge in [-0.2, -0.15) is 0 Å². The molecule has 2 heterocycles. The molecule has 2 atom stereocenters. The normalized spacial score (nSPS) is 24.9. The van der Waals surface area contributed by atoms with E-state index in [1.54, 1.807) is 12.1 Å². The standard InChI is InChI=1S/C16H21FN2O2.ClH/c17-14-3-1-13(2-4-14)15-11-19(7-8-21-15)16(20)9-12-5-6-18-10-12;/h1-4,12,15,18H,5-11H2;1H. The highest BCUT2D eigenvalue weighted by Crippen LogP contribution is 2.24. The summed E-state index contributed by atoms with van der Waals surface area (Å²) < 4.78 is 18.7. The van der Waals surface area contributed by atoms with Gasteiger partial charge in [0.2, 0.25) is 5.91 Å². The Bertz CT molecular complexity index is 491. The Morgan fingerprint density at radius 2 is 2.14 bits per heavy atom. The van der Waals surface area contributed by atoms with E-state index < -0.39 is 0 Å². The van der Waals surface area contributed by atoms with Crippen molar-refractivity contribution >= 4 is 18.3 Å². The quantitative estimate of drug-likeness (QED) is 0.924. The summed E-state index contributed by atoms with van der Waals surface area (Å²) in [6.07, 6.45) is 1.55. The van der Waals surface area contributed by atoms with Crippen molar-refractivity contribution in [2.45, 2.75) is 18.9 Å². The molecule has 3 rings (SSSR count). The lowest BCUT2D eigenvalue weighted by Crippen LogP contribution is -2.42. The number of carbonyl (C=O) groups excluding carboxylic acids is 1. The van der Waals surface area contributed by atoms with Crippen LogP contribution in [0.25, 0.3) is 0 Å². The van der Waals surface area contributed by atoms with E-state index in [1.807, 2.05) is 4.90 Å². The van der Waals surface area contributed by atoms with Gasteiger partial charge in [-0.3, -0.25) is 4.79 Å². The Morgan fingerprint density at radius 1 is 1.36 bits per heavy atom. The summed E-state index contributed by atoms with van der Waals surface area (Å²) in [6, 6.07) is 6.33. The Balaban J connectivity index is 0.00000176. The molecule has 22 heavy (non-hydrogen) atoms. The SMILES string of the molecule is Cl.O=C(CC1CCNC1)N1CCOC(c2ccc(F)cc2)C1. The van der Waals surface area contributed by atoms with Crippen LogP contribution in [0.3, 0.4) is 0 Å². The number of halogens is 2. The van der Waals surface area contributed by atoms with Crippen LogP contribution in [-0.4, -0.2) is 43.6 Å². The first kappa shape index (κ1) is 17.2. The van der Waals surface area contributed by atoms with Gasteiger partial charge in [0, 0.05) is 13.0 Å². The van der Waals surface area contributed by atoms with E-state index in [9.17, 15) is 9.18 Å². The van der Waals surface area contributed by atoms with Crippen LogP contribution >= 0.6 is 12.4 Å². The molecule has 122 valence electrons. The number of hydrogen-bond donors (Lipinski definition) is 1. The average Bonchev–Trinajstić information content (AvgIpc) is 3.01. The van der Waals surface area contributed by atoms with Crippen molar-refractivity contribution in [3.63, 3.8) is 0 Å². The van der Waals surface area contributed by atoms with Crippen molar-refractivity contribution in [2.75, 3.05) is 32.8 Å². The van der Waals surface area contributed by atoms with Crippen molar-refractivity contribution in [3.05, 3.63) is 35.6 Å². The van der Waals surface area contributed by atoms with Crippen LogP contribution in [0.2, 0.25) is 0 Å². The van der Waals surface area contributed by atoms with E-state index in [1.165, 1.54) is 12.1 Å². The summed E-state index contributed by atoms with van der Waals surface area (Å²) in [5, 5.41) is 3.29. The number of amides is 1. The van der Waals surface area contributed by atoms with Gasteiger partial charge in [0.1, 0.15) is 11.9 Å². The lowest BCUT2D eigenvalue weighted by Gasteiger charge is -2.33. The second kappa shape index (κ2) is 7.90. The maximum Gasteiger partial charge on any atom is 0.223 e. The Kier molecular flexibility index (Phi) is 6.17. The predicted molar refractivity (Wildman–Crippen MR) is 84.5 cm³/mol. The molecule has 2 aliphatic rings. The molecule has 1 aromatic carbocycles. The summed E-state index contributed by atoms with van der Waals surface area (Å²) in [6.45, 7) is 3.70. The number of hydrogen-bond acceptors (Lipinski definition) is 3. The summed E-state index contributed by atoms with van der Waals surface area (Å²) in [4.78, 5) is 14.3. The highest BCUT2D eigenvalue weighted by atomic mass is 35.5. The average molecular weight is 329 g/mol. The first-order valence-corrected chi connectivity index (χ1v) is 7.58. The van der Waals surface area contributed by atoms with Gasteiger partial charge < -0.3 is 15.0 Å². The van der Waals surface area contributed by atoms with Gasteiger partial charge in [-0.05, 0) is 43.1 Å².